The summed E-state index contributed by atoms with van der Waals surface area (Å²) < 4.78 is 8.99. The first-order chi connectivity index (χ1) is 25.8. The molecule has 1 atom stereocenters. The monoisotopic (exact) mass is 668 g/mol. The Bertz CT molecular complexity index is 2650. The van der Waals surface area contributed by atoms with Crippen LogP contribution >= 0.6 is 0 Å². The van der Waals surface area contributed by atoms with Crippen molar-refractivity contribution >= 4 is 27.5 Å². The maximum absolute atomic E-state index is 6.66. The predicted molar refractivity (Wildman–Crippen MR) is 212 cm³/mol. The fraction of sp³-hybridized carbons (Fsp3) is 0.0213. The molecule has 1 unspecified atom stereocenters. The topological polar surface area (TPSA) is 52.0 Å². The second-order valence-electron chi connectivity index (χ2n) is 13.1. The van der Waals surface area contributed by atoms with Gasteiger partial charge in [-0.1, -0.05) is 146 Å². The summed E-state index contributed by atoms with van der Waals surface area (Å²) in [6, 6.07) is 63.2. The van der Waals surface area contributed by atoms with Crippen molar-refractivity contribution in [1.29, 1.82) is 0 Å². The number of aromatic nitrogens is 3. The lowest BCUT2D eigenvalue weighted by Crippen LogP contribution is -2.09. The maximum atomic E-state index is 6.66. The minimum atomic E-state index is -0.240. The normalized spacial score (nSPS) is 13.5. The van der Waals surface area contributed by atoms with Crippen molar-refractivity contribution in [3.63, 3.8) is 0 Å². The Kier molecular flexibility index (Phi) is 7.14. The predicted octanol–water partition coefficient (Wildman–Crippen LogP) is 11.7. The van der Waals surface area contributed by atoms with Crippen LogP contribution in [-0.2, 0) is 0 Å². The Labute approximate surface area is 301 Å². The van der Waals surface area contributed by atoms with E-state index in [0.717, 1.165) is 72.9 Å². The van der Waals surface area contributed by atoms with E-state index in [4.69, 9.17) is 14.7 Å². The smallest absolute Gasteiger partial charge is 0.196 e. The first kappa shape index (κ1) is 29.9. The standard InChI is InChI=1S/C47H32N4O/c1-4-12-33(13-5-1)41-30-42(49-46(48-41)35-14-6-2-7-15-35)34-22-20-31(21-23-34)32-24-26-37(27-25-32)51-43-19-11-10-18-38(43)39-28-29-40-45(44(39)51)52-47(50-40)36-16-8-3-9-17-36/h1-30,47,50H. The van der Waals surface area contributed by atoms with E-state index < -0.39 is 0 Å². The summed E-state index contributed by atoms with van der Waals surface area (Å²) in [5, 5.41) is 5.96. The van der Waals surface area contributed by atoms with Crippen LogP contribution < -0.4 is 10.1 Å². The highest BCUT2D eigenvalue weighted by Gasteiger charge is 2.28. The molecule has 0 saturated carbocycles. The second kappa shape index (κ2) is 12.4. The average Bonchev–Trinajstić information content (AvgIpc) is 3.82. The number of fused-ring (bicyclic) bond motifs is 5. The van der Waals surface area contributed by atoms with Crippen LogP contribution in [0.15, 0.2) is 182 Å². The first-order valence-corrected chi connectivity index (χ1v) is 17.5. The Balaban J connectivity index is 1.00. The molecule has 0 spiro atoms. The van der Waals surface area contributed by atoms with Crippen molar-refractivity contribution in [2.45, 2.75) is 6.23 Å². The number of benzene rings is 7. The maximum Gasteiger partial charge on any atom is 0.196 e. The van der Waals surface area contributed by atoms with E-state index in [-0.39, 0.29) is 6.23 Å². The third-order valence-corrected chi connectivity index (χ3v) is 9.88. The largest absolute Gasteiger partial charge is 0.462 e. The molecule has 10 rings (SSSR count). The van der Waals surface area contributed by atoms with Crippen LogP contribution in [0.25, 0.3) is 72.5 Å². The van der Waals surface area contributed by atoms with Gasteiger partial charge in [-0.2, -0.15) is 0 Å². The van der Waals surface area contributed by atoms with Crippen LogP contribution in [0, 0.1) is 0 Å². The van der Waals surface area contributed by atoms with Crippen molar-refractivity contribution in [1.82, 2.24) is 14.5 Å². The Morgan fingerprint density at radius 2 is 1.04 bits per heavy atom. The molecule has 0 radical (unpaired) electrons. The third-order valence-electron chi connectivity index (χ3n) is 9.88. The van der Waals surface area contributed by atoms with E-state index in [1.165, 1.54) is 10.8 Å². The highest BCUT2D eigenvalue weighted by molar-refractivity contribution is 6.13. The van der Waals surface area contributed by atoms with Crippen LogP contribution in [0.1, 0.15) is 11.8 Å². The van der Waals surface area contributed by atoms with Crippen molar-refractivity contribution in [3.05, 3.63) is 188 Å². The SMILES string of the molecule is c1ccc(-c2cc(-c3ccc(-c4ccc(-n5c6ccccc6c6ccc7c(c65)OC(c5ccccc5)N7)cc4)cc3)nc(-c3ccccc3)n2)cc1. The van der Waals surface area contributed by atoms with Gasteiger partial charge in [0.2, 0.25) is 0 Å². The number of nitrogens with one attached hydrogen (secondary N) is 1. The van der Waals surface area contributed by atoms with Gasteiger partial charge in [-0.3, -0.25) is 0 Å². The zero-order chi connectivity index (χ0) is 34.4. The number of hydrogen-bond donors (Lipinski definition) is 1. The van der Waals surface area contributed by atoms with E-state index in [2.05, 4.69) is 137 Å². The summed E-state index contributed by atoms with van der Waals surface area (Å²) >= 11 is 0. The van der Waals surface area contributed by atoms with Gasteiger partial charge in [-0.05, 0) is 47.5 Å². The average molecular weight is 669 g/mol. The van der Waals surface area contributed by atoms with Gasteiger partial charge in [0.15, 0.2) is 17.8 Å². The number of anilines is 1. The van der Waals surface area contributed by atoms with Crippen LogP contribution in [0.3, 0.4) is 0 Å². The lowest BCUT2D eigenvalue weighted by Gasteiger charge is -2.13. The molecule has 0 saturated heterocycles. The van der Waals surface area contributed by atoms with Gasteiger partial charge in [-0.15, -0.1) is 0 Å². The third kappa shape index (κ3) is 5.19. The van der Waals surface area contributed by atoms with E-state index in [9.17, 15) is 0 Å². The molecule has 0 aliphatic carbocycles. The van der Waals surface area contributed by atoms with E-state index in [1.807, 2.05) is 54.6 Å². The molecule has 0 amide bonds. The van der Waals surface area contributed by atoms with E-state index >= 15 is 0 Å². The molecule has 7 aromatic carbocycles. The van der Waals surface area contributed by atoms with E-state index in [0.29, 0.717) is 5.82 Å². The van der Waals surface area contributed by atoms with Crippen molar-refractivity contribution in [2.75, 3.05) is 5.32 Å². The molecule has 0 fully saturated rings. The van der Waals surface area contributed by atoms with Crippen molar-refractivity contribution < 1.29 is 4.74 Å². The fourth-order valence-corrected chi connectivity index (χ4v) is 7.30. The molecule has 9 aromatic rings. The molecule has 52 heavy (non-hydrogen) atoms. The van der Waals surface area contributed by atoms with Gasteiger partial charge in [0.1, 0.15) is 0 Å². The quantitative estimate of drug-likeness (QED) is 0.192. The number of para-hydroxylation sites is 1. The van der Waals surface area contributed by atoms with Gasteiger partial charge < -0.3 is 14.6 Å². The Morgan fingerprint density at radius 1 is 0.481 bits per heavy atom. The summed E-state index contributed by atoms with van der Waals surface area (Å²) in [7, 11) is 0. The van der Waals surface area contributed by atoms with Crippen LogP contribution in [0.2, 0.25) is 0 Å². The minimum absolute atomic E-state index is 0.240. The summed E-state index contributed by atoms with van der Waals surface area (Å²) in [5.74, 6) is 1.59. The lowest BCUT2D eigenvalue weighted by atomic mass is 10.0. The number of hydrogen-bond acceptors (Lipinski definition) is 4. The molecule has 1 N–H and O–H groups in total. The fourth-order valence-electron chi connectivity index (χ4n) is 7.30. The van der Waals surface area contributed by atoms with Crippen LogP contribution in [0.5, 0.6) is 5.75 Å². The molecule has 5 heteroatoms. The summed E-state index contributed by atoms with van der Waals surface area (Å²) in [5.41, 5.74) is 12.5. The van der Waals surface area contributed by atoms with Crippen LogP contribution in [-0.4, -0.2) is 14.5 Å². The summed E-state index contributed by atoms with van der Waals surface area (Å²) in [6.45, 7) is 0. The summed E-state index contributed by atoms with van der Waals surface area (Å²) in [6.07, 6.45) is -0.240. The van der Waals surface area contributed by atoms with Crippen molar-refractivity contribution in [3.8, 4) is 56.5 Å². The van der Waals surface area contributed by atoms with Gasteiger partial charge in [0, 0.05) is 38.7 Å². The highest BCUT2D eigenvalue weighted by atomic mass is 16.5. The number of rotatable bonds is 6. The van der Waals surface area contributed by atoms with E-state index in [1.54, 1.807) is 0 Å². The molecular formula is C47H32N4O. The minimum Gasteiger partial charge on any atom is -0.462 e. The van der Waals surface area contributed by atoms with Gasteiger partial charge in [0.25, 0.3) is 0 Å². The number of ether oxygens (including phenoxy) is 1. The molecule has 3 heterocycles. The van der Waals surface area contributed by atoms with Gasteiger partial charge in [0.05, 0.1) is 28.1 Å². The lowest BCUT2D eigenvalue weighted by molar-refractivity contribution is 0.262. The molecule has 5 nitrogen and oxygen atoms in total. The molecule has 1 aliphatic heterocycles. The van der Waals surface area contributed by atoms with Crippen LogP contribution in [0.4, 0.5) is 5.69 Å². The zero-order valence-corrected chi connectivity index (χ0v) is 28.1. The summed E-state index contributed by atoms with van der Waals surface area (Å²) in [4.78, 5) is 9.95. The molecule has 2 aromatic heterocycles. The Morgan fingerprint density at radius 3 is 1.73 bits per heavy atom. The first-order valence-electron chi connectivity index (χ1n) is 17.5. The second-order valence-corrected chi connectivity index (χ2v) is 13.1. The van der Waals surface area contributed by atoms with Crippen molar-refractivity contribution in [2.24, 2.45) is 0 Å². The van der Waals surface area contributed by atoms with Gasteiger partial charge >= 0.3 is 0 Å². The molecule has 246 valence electrons. The molecular weight excluding hydrogens is 637 g/mol. The molecule has 0 bridgehead atoms. The highest BCUT2D eigenvalue weighted by Crippen LogP contribution is 2.47. The molecule has 1 aliphatic rings. The Hall–Kier alpha value is -6.98. The van der Waals surface area contributed by atoms with Gasteiger partial charge in [-0.25, -0.2) is 9.97 Å². The zero-order valence-electron chi connectivity index (χ0n) is 28.1. The number of nitrogens with zero attached hydrogens (tertiary/aromatic N) is 3.